The van der Waals surface area contributed by atoms with E-state index in [2.05, 4.69) is 54.5 Å². The van der Waals surface area contributed by atoms with Crippen LogP contribution < -0.4 is 5.32 Å². The molecule has 0 saturated carbocycles. The molecule has 0 amide bonds. The molecule has 1 N–H and O–H groups in total. The quantitative estimate of drug-likeness (QED) is 0.649. The Bertz CT molecular complexity index is 732. The van der Waals surface area contributed by atoms with Gasteiger partial charge in [-0.2, -0.15) is 0 Å². The zero-order chi connectivity index (χ0) is 18.3. The van der Waals surface area contributed by atoms with Gasteiger partial charge in [0.25, 0.3) is 0 Å². The van der Waals surface area contributed by atoms with Gasteiger partial charge in [0, 0.05) is 18.2 Å². The molecule has 0 aromatic heterocycles. The number of methoxy groups -OCH3 is 1. The molecule has 5 nitrogen and oxygen atoms in total. The Labute approximate surface area is 155 Å². The van der Waals surface area contributed by atoms with Gasteiger partial charge >= 0.3 is 5.97 Å². The number of ether oxygens (including phenoxy) is 2. The van der Waals surface area contributed by atoms with Crippen molar-refractivity contribution in [2.24, 2.45) is 5.92 Å². The summed E-state index contributed by atoms with van der Waals surface area (Å²) in [6, 6.07) is 8.54. The fourth-order valence-electron chi connectivity index (χ4n) is 4.91. The van der Waals surface area contributed by atoms with Crippen LogP contribution in [-0.2, 0) is 14.3 Å². The number of carbonyl (C=O) groups is 1. The van der Waals surface area contributed by atoms with Crippen molar-refractivity contribution >= 4 is 11.7 Å². The number of anilines is 1. The lowest BCUT2D eigenvalue weighted by atomic mass is 9.82. The highest BCUT2D eigenvalue weighted by molar-refractivity contribution is 5.70. The number of hydrogen-bond donors (Lipinski definition) is 1. The van der Waals surface area contributed by atoms with Crippen molar-refractivity contribution in [3.8, 4) is 0 Å². The van der Waals surface area contributed by atoms with Crippen LogP contribution in [0.2, 0.25) is 0 Å². The second-order valence-electron chi connectivity index (χ2n) is 7.76. The molecule has 3 aliphatic rings. The van der Waals surface area contributed by atoms with Crippen molar-refractivity contribution in [3.05, 3.63) is 41.5 Å². The summed E-state index contributed by atoms with van der Waals surface area (Å²) in [6.45, 7) is 2.89. The molecule has 0 radical (unpaired) electrons. The number of nitrogens with zero attached hydrogens (tertiary/aromatic N) is 1. The minimum Gasteiger partial charge on any atom is -0.469 e. The number of allylic oxidation sites excluding steroid dienone is 1. The monoisotopic (exact) mass is 356 g/mol. The predicted molar refractivity (Wildman–Crippen MR) is 101 cm³/mol. The SMILES string of the molecule is C/C=C1\CN(C)[C@H]2CC3c4ccccc4N[C@]3(CC[C@@H]1CC(=O)OC)O2. The molecule has 1 unspecified atom stereocenters. The van der Waals surface area contributed by atoms with Crippen LogP contribution in [0.1, 0.15) is 44.1 Å². The molecule has 2 bridgehead atoms. The molecule has 1 aromatic rings. The number of benzene rings is 1. The molecule has 2 saturated heterocycles. The first kappa shape index (κ1) is 17.6. The Kier molecular flexibility index (Phi) is 4.53. The van der Waals surface area contributed by atoms with Gasteiger partial charge in [0.15, 0.2) is 0 Å². The van der Waals surface area contributed by atoms with Crippen LogP contribution in [-0.4, -0.2) is 43.5 Å². The Morgan fingerprint density at radius 3 is 3.04 bits per heavy atom. The molecule has 4 rings (SSSR count). The van der Waals surface area contributed by atoms with E-state index in [1.54, 1.807) is 0 Å². The summed E-state index contributed by atoms with van der Waals surface area (Å²) in [6.07, 6.45) is 5.48. The third kappa shape index (κ3) is 2.83. The van der Waals surface area contributed by atoms with Crippen LogP contribution >= 0.6 is 0 Å². The topological polar surface area (TPSA) is 50.8 Å². The predicted octanol–water partition coefficient (Wildman–Crippen LogP) is 3.49. The molecule has 5 heteroatoms. The van der Waals surface area contributed by atoms with E-state index in [1.165, 1.54) is 23.9 Å². The van der Waals surface area contributed by atoms with Crippen molar-refractivity contribution in [2.75, 3.05) is 26.0 Å². The molecule has 140 valence electrons. The van der Waals surface area contributed by atoms with Crippen molar-refractivity contribution in [1.29, 1.82) is 0 Å². The number of hydrogen-bond acceptors (Lipinski definition) is 5. The number of nitrogens with one attached hydrogen (secondary N) is 1. The summed E-state index contributed by atoms with van der Waals surface area (Å²) in [5.41, 5.74) is 3.49. The molecule has 0 aliphatic carbocycles. The number of esters is 1. The van der Waals surface area contributed by atoms with Crippen LogP contribution in [0, 0.1) is 5.92 Å². The first-order valence-electron chi connectivity index (χ1n) is 9.53. The van der Waals surface area contributed by atoms with Crippen molar-refractivity contribution in [2.45, 2.75) is 50.5 Å². The minimum atomic E-state index is -0.361. The van der Waals surface area contributed by atoms with Crippen molar-refractivity contribution < 1.29 is 14.3 Å². The maximum Gasteiger partial charge on any atom is 0.306 e. The first-order valence-corrected chi connectivity index (χ1v) is 9.53. The van der Waals surface area contributed by atoms with E-state index in [4.69, 9.17) is 9.47 Å². The van der Waals surface area contributed by atoms with Crippen LogP contribution in [0.25, 0.3) is 0 Å². The normalized spacial score (nSPS) is 35.0. The van der Waals surface area contributed by atoms with Gasteiger partial charge in [0.05, 0.1) is 13.5 Å². The van der Waals surface area contributed by atoms with Crippen LogP contribution in [0.15, 0.2) is 35.9 Å². The highest BCUT2D eigenvalue weighted by atomic mass is 16.5. The number of rotatable bonds is 2. The molecule has 1 spiro atoms. The van der Waals surface area contributed by atoms with Gasteiger partial charge in [-0.1, -0.05) is 29.8 Å². The van der Waals surface area contributed by atoms with E-state index >= 15 is 0 Å². The largest absolute Gasteiger partial charge is 0.469 e. The molecule has 3 aliphatic heterocycles. The van der Waals surface area contributed by atoms with E-state index in [1.807, 2.05) is 0 Å². The summed E-state index contributed by atoms with van der Waals surface area (Å²) >= 11 is 0. The Morgan fingerprint density at radius 1 is 1.46 bits per heavy atom. The van der Waals surface area contributed by atoms with Crippen molar-refractivity contribution in [1.82, 2.24) is 4.90 Å². The lowest BCUT2D eigenvalue weighted by molar-refractivity contribution is -0.141. The standard InChI is InChI=1S/C21H28N2O3/c1-4-14-13-23(2)19-12-17-16-7-5-6-8-18(16)22-21(17,26-19)10-9-15(14)11-20(24)25-3/h4-8,15,17,19,22H,9-13H2,1-3H3/b14-4+/t15-,17?,19-,21-/m1/s1. The molecule has 26 heavy (non-hydrogen) atoms. The van der Waals surface area contributed by atoms with Crippen LogP contribution in [0.3, 0.4) is 0 Å². The Hall–Kier alpha value is -1.85. The maximum absolute atomic E-state index is 12.0. The number of likely N-dealkylation sites (N-methyl/N-ethyl adjacent to an activating group) is 1. The smallest absolute Gasteiger partial charge is 0.306 e. The fourth-order valence-corrected chi connectivity index (χ4v) is 4.91. The summed E-state index contributed by atoms with van der Waals surface area (Å²) in [7, 11) is 3.59. The number of fused-ring (bicyclic) bond motifs is 3. The average molecular weight is 356 g/mol. The third-order valence-corrected chi connectivity index (χ3v) is 6.35. The molecule has 2 fully saturated rings. The van der Waals surface area contributed by atoms with Gasteiger partial charge in [-0.3, -0.25) is 9.69 Å². The molecule has 4 atom stereocenters. The highest BCUT2D eigenvalue weighted by Gasteiger charge is 2.55. The maximum atomic E-state index is 12.0. The summed E-state index contributed by atoms with van der Waals surface area (Å²) < 4.78 is 11.6. The van der Waals surface area contributed by atoms with E-state index in [9.17, 15) is 4.79 Å². The zero-order valence-corrected chi connectivity index (χ0v) is 15.8. The van der Waals surface area contributed by atoms with Crippen molar-refractivity contribution in [3.63, 3.8) is 0 Å². The van der Waals surface area contributed by atoms with Crippen LogP contribution in [0.4, 0.5) is 5.69 Å². The van der Waals surface area contributed by atoms with E-state index in [0.717, 1.165) is 25.8 Å². The molecule has 1 aromatic carbocycles. The molecular weight excluding hydrogens is 328 g/mol. The van der Waals surface area contributed by atoms with Gasteiger partial charge < -0.3 is 14.8 Å². The van der Waals surface area contributed by atoms with Gasteiger partial charge in [0.1, 0.15) is 12.0 Å². The third-order valence-electron chi connectivity index (χ3n) is 6.35. The van der Waals surface area contributed by atoms with Gasteiger partial charge in [-0.05, 0) is 50.8 Å². The minimum absolute atomic E-state index is 0.0904. The first-order chi connectivity index (χ1) is 12.6. The fraction of sp³-hybridized carbons (Fsp3) is 0.571. The highest BCUT2D eigenvalue weighted by Crippen LogP contribution is 2.54. The van der Waals surface area contributed by atoms with E-state index < -0.39 is 0 Å². The number of carbonyl (C=O) groups excluding carboxylic acids is 1. The lowest BCUT2D eigenvalue weighted by Crippen LogP contribution is -2.41. The van der Waals surface area contributed by atoms with E-state index in [-0.39, 0.29) is 23.8 Å². The summed E-state index contributed by atoms with van der Waals surface area (Å²) in [4.78, 5) is 14.2. The van der Waals surface area contributed by atoms with Crippen LogP contribution in [0.5, 0.6) is 0 Å². The molecular formula is C21H28N2O3. The van der Waals surface area contributed by atoms with Gasteiger partial charge in [-0.15, -0.1) is 0 Å². The van der Waals surface area contributed by atoms with Gasteiger partial charge in [0.2, 0.25) is 0 Å². The zero-order valence-electron chi connectivity index (χ0n) is 15.8. The second kappa shape index (κ2) is 6.71. The number of para-hydroxylation sites is 1. The molecule has 3 heterocycles. The Balaban J connectivity index is 1.65. The summed E-state index contributed by atoms with van der Waals surface area (Å²) in [5, 5.41) is 3.69. The second-order valence-corrected chi connectivity index (χ2v) is 7.76. The lowest BCUT2D eigenvalue weighted by Gasteiger charge is -2.31. The van der Waals surface area contributed by atoms with Gasteiger partial charge in [-0.25, -0.2) is 0 Å². The average Bonchev–Trinajstić information content (AvgIpc) is 3.16. The summed E-state index contributed by atoms with van der Waals surface area (Å²) in [5.74, 6) is 0.412. The van der Waals surface area contributed by atoms with E-state index in [0.29, 0.717) is 12.3 Å². The Morgan fingerprint density at radius 2 is 2.27 bits per heavy atom.